The van der Waals surface area contributed by atoms with Gasteiger partial charge in [0, 0.05) is 18.6 Å². The first-order chi connectivity index (χ1) is 6.95. The van der Waals surface area contributed by atoms with E-state index in [1.165, 1.54) is 16.6 Å². The molecule has 3 aromatic rings. The average Bonchev–Trinajstić information content (AvgIpc) is 2.85. The Morgan fingerprint density at radius 3 is 2.79 bits per heavy atom. The molecular weight excluding hydrogens is 172 g/mol. The van der Waals surface area contributed by atoms with E-state index in [0.717, 1.165) is 0 Å². The molecule has 0 aliphatic rings. The van der Waals surface area contributed by atoms with Crippen LogP contribution in [0, 0.1) is 0 Å². The summed E-state index contributed by atoms with van der Waals surface area (Å²) in [5, 5.41) is 1.27. The lowest BCUT2D eigenvalue weighted by molar-refractivity contribution is 1.13. The number of nitrogens with one attached hydrogen (secondary N) is 1. The zero-order chi connectivity index (χ0) is 9.38. The van der Waals surface area contributed by atoms with Crippen LogP contribution >= 0.6 is 0 Å². The van der Waals surface area contributed by atoms with Crippen LogP contribution in [0.2, 0.25) is 0 Å². The SMILES string of the molecule is c1ccc2c(c1)ccn2-c1cc[nH]c1. The maximum atomic E-state index is 3.06. The maximum absolute atomic E-state index is 3.06. The van der Waals surface area contributed by atoms with Gasteiger partial charge in [0.2, 0.25) is 0 Å². The quantitative estimate of drug-likeness (QED) is 0.597. The lowest BCUT2D eigenvalue weighted by Crippen LogP contribution is -1.87. The summed E-state index contributed by atoms with van der Waals surface area (Å²) in [5.41, 5.74) is 2.42. The fraction of sp³-hybridized carbons (Fsp3) is 0. The Morgan fingerprint density at radius 2 is 1.93 bits per heavy atom. The van der Waals surface area contributed by atoms with Crippen LogP contribution < -0.4 is 0 Å². The number of H-pyrrole nitrogens is 1. The largest absolute Gasteiger partial charge is 0.366 e. The normalized spacial score (nSPS) is 10.9. The molecule has 0 aliphatic carbocycles. The van der Waals surface area contributed by atoms with E-state index in [1.54, 1.807) is 0 Å². The van der Waals surface area contributed by atoms with Gasteiger partial charge >= 0.3 is 0 Å². The van der Waals surface area contributed by atoms with Crippen molar-refractivity contribution in [1.82, 2.24) is 9.55 Å². The Kier molecular flexibility index (Phi) is 1.47. The minimum Gasteiger partial charge on any atom is -0.366 e. The Bertz CT molecular complexity index is 546. The van der Waals surface area contributed by atoms with Gasteiger partial charge in [0.05, 0.1) is 11.2 Å². The van der Waals surface area contributed by atoms with E-state index in [9.17, 15) is 0 Å². The first kappa shape index (κ1) is 7.44. The Hall–Kier alpha value is -1.96. The summed E-state index contributed by atoms with van der Waals surface area (Å²) in [7, 11) is 0. The molecule has 0 spiro atoms. The molecule has 0 aliphatic heterocycles. The van der Waals surface area contributed by atoms with E-state index in [1.807, 2.05) is 12.4 Å². The summed E-state index contributed by atoms with van der Waals surface area (Å²) in [6.45, 7) is 0. The first-order valence-electron chi connectivity index (χ1n) is 4.64. The standard InChI is InChI=1S/C12H10N2/c1-2-4-12-10(3-1)6-8-14(12)11-5-7-13-9-11/h1-9,13H. The van der Waals surface area contributed by atoms with E-state index < -0.39 is 0 Å². The smallest absolute Gasteiger partial charge is 0.0630 e. The second kappa shape index (κ2) is 2.77. The van der Waals surface area contributed by atoms with Crippen LogP contribution in [0.5, 0.6) is 0 Å². The highest BCUT2D eigenvalue weighted by Gasteiger charge is 2.01. The van der Waals surface area contributed by atoms with Crippen molar-refractivity contribution in [1.29, 1.82) is 0 Å². The van der Waals surface area contributed by atoms with E-state index in [0.29, 0.717) is 0 Å². The molecule has 0 fully saturated rings. The van der Waals surface area contributed by atoms with Crippen molar-refractivity contribution in [3.05, 3.63) is 55.0 Å². The van der Waals surface area contributed by atoms with Crippen molar-refractivity contribution in [2.75, 3.05) is 0 Å². The molecule has 0 saturated carbocycles. The Labute approximate surface area is 81.8 Å². The molecule has 2 heterocycles. The van der Waals surface area contributed by atoms with Crippen molar-refractivity contribution in [3.63, 3.8) is 0 Å². The van der Waals surface area contributed by atoms with Gasteiger partial charge in [-0.25, -0.2) is 0 Å². The van der Waals surface area contributed by atoms with Gasteiger partial charge in [-0.05, 0) is 23.6 Å². The van der Waals surface area contributed by atoms with Gasteiger partial charge in [0.25, 0.3) is 0 Å². The second-order valence-corrected chi connectivity index (χ2v) is 3.31. The van der Waals surface area contributed by atoms with Crippen molar-refractivity contribution in [3.8, 4) is 5.69 Å². The fourth-order valence-corrected chi connectivity index (χ4v) is 1.77. The third-order valence-electron chi connectivity index (χ3n) is 2.46. The molecular formula is C12H10N2. The van der Waals surface area contributed by atoms with Gasteiger partial charge in [-0.3, -0.25) is 0 Å². The molecule has 1 N–H and O–H groups in total. The molecule has 0 atom stereocenters. The number of aromatic nitrogens is 2. The molecule has 68 valence electrons. The van der Waals surface area contributed by atoms with E-state index in [4.69, 9.17) is 0 Å². The van der Waals surface area contributed by atoms with Crippen LogP contribution in [0.1, 0.15) is 0 Å². The average molecular weight is 182 g/mol. The predicted octanol–water partition coefficient (Wildman–Crippen LogP) is 2.96. The zero-order valence-corrected chi connectivity index (χ0v) is 7.64. The summed E-state index contributed by atoms with van der Waals surface area (Å²) in [4.78, 5) is 3.06. The van der Waals surface area contributed by atoms with Crippen LogP contribution in [0.3, 0.4) is 0 Å². The number of nitrogens with zero attached hydrogens (tertiary/aromatic N) is 1. The van der Waals surface area contributed by atoms with Crippen molar-refractivity contribution in [2.24, 2.45) is 0 Å². The fourth-order valence-electron chi connectivity index (χ4n) is 1.77. The summed E-state index contributed by atoms with van der Waals surface area (Å²) in [5.74, 6) is 0. The predicted molar refractivity (Wildman–Crippen MR) is 57.6 cm³/mol. The number of fused-ring (bicyclic) bond motifs is 1. The van der Waals surface area contributed by atoms with Crippen LogP contribution in [0.15, 0.2) is 55.0 Å². The third kappa shape index (κ3) is 0.973. The third-order valence-corrected chi connectivity index (χ3v) is 2.46. The number of para-hydroxylation sites is 1. The summed E-state index contributed by atoms with van der Waals surface area (Å²) in [6, 6.07) is 12.6. The summed E-state index contributed by atoms with van der Waals surface area (Å²) in [6.07, 6.45) is 6.02. The first-order valence-corrected chi connectivity index (χ1v) is 4.64. The van der Waals surface area contributed by atoms with Gasteiger partial charge in [-0.15, -0.1) is 0 Å². The molecule has 0 unspecified atom stereocenters. The van der Waals surface area contributed by atoms with Gasteiger partial charge in [0.1, 0.15) is 0 Å². The number of hydrogen-bond donors (Lipinski definition) is 1. The molecule has 2 aromatic heterocycles. The Morgan fingerprint density at radius 1 is 1.00 bits per heavy atom. The van der Waals surface area contributed by atoms with Crippen molar-refractivity contribution in [2.45, 2.75) is 0 Å². The van der Waals surface area contributed by atoms with Gasteiger partial charge < -0.3 is 9.55 Å². The summed E-state index contributed by atoms with van der Waals surface area (Å²) < 4.78 is 2.17. The lowest BCUT2D eigenvalue weighted by Gasteiger charge is -2.00. The van der Waals surface area contributed by atoms with Crippen molar-refractivity contribution < 1.29 is 0 Å². The van der Waals surface area contributed by atoms with E-state index in [-0.39, 0.29) is 0 Å². The van der Waals surface area contributed by atoms with Crippen LogP contribution in [-0.4, -0.2) is 9.55 Å². The number of aromatic amines is 1. The minimum absolute atomic E-state index is 1.17. The zero-order valence-electron chi connectivity index (χ0n) is 7.64. The van der Waals surface area contributed by atoms with E-state index >= 15 is 0 Å². The highest BCUT2D eigenvalue weighted by Crippen LogP contribution is 2.19. The van der Waals surface area contributed by atoms with Crippen LogP contribution in [0.25, 0.3) is 16.6 Å². The summed E-state index contributed by atoms with van der Waals surface area (Å²) >= 11 is 0. The molecule has 14 heavy (non-hydrogen) atoms. The number of benzene rings is 1. The molecule has 3 rings (SSSR count). The van der Waals surface area contributed by atoms with E-state index in [2.05, 4.69) is 52.1 Å². The highest BCUT2D eigenvalue weighted by molar-refractivity contribution is 5.81. The van der Waals surface area contributed by atoms with Gasteiger partial charge in [0.15, 0.2) is 0 Å². The van der Waals surface area contributed by atoms with Gasteiger partial charge in [-0.2, -0.15) is 0 Å². The van der Waals surface area contributed by atoms with Gasteiger partial charge in [-0.1, -0.05) is 18.2 Å². The molecule has 0 bridgehead atoms. The van der Waals surface area contributed by atoms with Crippen LogP contribution in [-0.2, 0) is 0 Å². The molecule has 1 aromatic carbocycles. The molecule has 2 nitrogen and oxygen atoms in total. The lowest BCUT2D eigenvalue weighted by atomic mass is 10.2. The highest BCUT2D eigenvalue weighted by atomic mass is 15.0. The van der Waals surface area contributed by atoms with Crippen LogP contribution in [0.4, 0.5) is 0 Å². The molecule has 0 saturated heterocycles. The Balaban J connectivity index is 2.33. The number of hydrogen-bond acceptors (Lipinski definition) is 0. The number of rotatable bonds is 1. The monoisotopic (exact) mass is 182 g/mol. The van der Waals surface area contributed by atoms with Crippen molar-refractivity contribution >= 4 is 10.9 Å². The second-order valence-electron chi connectivity index (χ2n) is 3.31. The topological polar surface area (TPSA) is 20.7 Å². The molecule has 0 amide bonds. The maximum Gasteiger partial charge on any atom is 0.0630 e. The molecule has 0 radical (unpaired) electrons. The minimum atomic E-state index is 1.17. The molecule has 2 heteroatoms.